The Morgan fingerprint density at radius 2 is 0.550 bits per heavy atom. The van der Waals surface area contributed by atoms with Crippen molar-refractivity contribution in [3.63, 3.8) is 0 Å². The second-order valence-corrected chi connectivity index (χ2v) is 71.5. The summed E-state index contributed by atoms with van der Waals surface area (Å²) >= 11 is 9.80. The first-order valence-corrected chi connectivity index (χ1v) is 62.1. The van der Waals surface area contributed by atoms with Gasteiger partial charge in [-0.3, -0.25) is 8.42 Å². The average molecular weight is 1370 g/mol. The van der Waals surface area contributed by atoms with Crippen LogP contribution in [0.1, 0.15) is 0 Å². The van der Waals surface area contributed by atoms with Crippen molar-refractivity contribution in [2.24, 2.45) is 0 Å². The summed E-state index contributed by atoms with van der Waals surface area (Å²) in [5.41, 5.74) is 0. The molecule has 0 spiro atoms. The van der Waals surface area contributed by atoms with Gasteiger partial charge in [0, 0.05) is 72.8 Å². The Morgan fingerprint density at radius 3 is 0.550 bits per heavy atom. The number of halogens is 4. The number of hydrogen-bond acceptors (Lipinski definition) is 10. The van der Waals surface area contributed by atoms with E-state index in [1.165, 1.54) is 0 Å². The molecule has 0 radical (unpaired) electrons. The molecule has 0 unspecified atom stereocenters. The average Bonchev–Trinajstić information content (AvgIpc) is 2.69. The predicted octanol–water partition coefficient (Wildman–Crippen LogP) is 1.68. The molecule has 0 aliphatic rings. The SMILES string of the molecule is CN(C)CCO.CN(C)CCO.CN(C)CCO.CN(C)CCO.CS(C)=O.CS(C)=O.[Cu+].[Cu+].[I][Cd][I].[I][Cd][I]. The van der Waals surface area contributed by atoms with E-state index in [1.807, 2.05) is 76.0 Å². The van der Waals surface area contributed by atoms with Crippen LogP contribution >= 0.6 is 71.0 Å². The van der Waals surface area contributed by atoms with Crippen molar-refractivity contribution in [1.29, 1.82) is 0 Å². The molecule has 0 amide bonds. The zero-order chi connectivity index (χ0) is 32.5. The first kappa shape index (κ1) is 71.7. The first-order valence-electron chi connectivity index (χ1n) is 11.1. The molecule has 256 valence electrons. The summed E-state index contributed by atoms with van der Waals surface area (Å²) in [5.74, 6) is 0. The second-order valence-electron chi connectivity index (χ2n) is 7.79. The molecule has 10 nitrogen and oxygen atoms in total. The van der Waals surface area contributed by atoms with E-state index in [0.29, 0.717) is 0 Å². The van der Waals surface area contributed by atoms with Gasteiger partial charge >= 0.3 is 136 Å². The number of nitrogens with zero attached hydrogens (tertiary/aromatic N) is 4. The van der Waals surface area contributed by atoms with E-state index in [9.17, 15) is 8.42 Å². The van der Waals surface area contributed by atoms with Crippen molar-refractivity contribution in [2.45, 2.75) is 0 Å². The molecular formula is C20H56Cd2Cu2I4N4O6S2+2. The third-order valence-electron chi connectivity index (χ3n) is 2.19. The fraction of sp³-hybridized carbons (Fsp3) is 1.00. The van der Waals surface area contributed by atoms with E-state index in [0.717, 1.165) is 26.2 Å². The summed E-state index contributed by atoms with van der Waals surface area (Å²) in [5, 5.41) is 32.8. The molecule has 0 fully saturated rings. The molecular weight excluding hydrogens is 1320 g/mol. The van der Waals surface area contributed by atoms with E-state index in [2.05, 4.69) is 71.0 Å². The monoisotopic (exact) mass is 1370 g/mol. The van der Waals surface area contributed by atoms with Gasteiger partial charge < -0.3 is 40.0 Å². The van der Waals surface area contributed by atoms with Gasteiger partial charge in [0.25, 0.3) is 0 Å². The summed E-state index contributed by atoms with van der Waals surface area (Å²) < 4.78 is 19.1. The van der Waals surface area contributed by atoms with E-state index in [4.69, 9.17) is 20.4 Å². The van der Waals surface area contributed by atoms with Gasteiger partial charge in [0.05, 0.1) is 26.4 Å². The van der Waals surface area contributed by atoms with Crippen molar-refractivity contribution < 1.29 is 94.3 Å². The maximum absolute atomic E-state index is 9.56. The molecule has 0 saturated carbocycles. The molecule has 0 heterocycles. The van der Waals surface area contributed by atoms with Crippen LogP contribution in [0.2, 0.25) is 0 Å². The summed E-state index contributed by atoms with van der Waals surface area (Å²) in [6, 6.07) is 0. The van der Waals surface area contributed by atoms with Crippen LogP contribution in [0, 0.1) is 0 Å². The molecule has 20 heteroatoms. The van der Waals surface area contributed by atoms with E-state index in [1.54, 1.807) is 25.0 Å². The van der Waals surface area contributed by atoms with Gasteiger partial charge in [-0.15, -0.1) is 0 Å². The van der Waals surface area contributed by atoms with Gasteiger partial charge in [-0.2, -0.15) is 0 Å². The normalized spacial score (nSPS) is 8.25. The fourth-order valence-corrected chi connectivity index (χ4v) is 0.800. The zero-order valence-electron chi connectivity index (χ0n) is 26.4. The predicted molar refractivity (Wildman–Crippen MR) is 199 cm³/mol. The molecule has 40 heavy (non-hydrogen) atoms. The fourth-order valence-electron chi connectivity index (χ4n) is 0.800. The third-order valence-corrected chi connectivity index (χ3v) is 2.19. The van der Waals surface area contributed by atoms with E-state index < -0.39 is 21.6 Å². The van der Waals surface area contributed by atoms with Crippen LogP contribution in [0.5, 0.6) is 0 Å². The first-order chi connectivity index (χ1) is 17.4. The minimum absolute atomic E-state index is 0. The molecule has 0 aliphatic carbocycles. The molecule has 0 atom stereocenters. The van der Waals surface area contributed by atoms with Gasteiger partial charge in [0.1, 0.15) is 0 Å². The Balaban J connectivity index is -0.0000000324. The zero-order valence-corrected chi connectivity index (χ0v) is 46.6. The van der Waals surface area contributed by atoms with Crippen molar-refractivity contribution in [3.05, 3.63) is 0 Å². The summed E-state index contributed by atoms with van der Waals surface area (Å²) in [6.45, 7) is 4.08. The van der Waals surface area contributed by atoms with E-state index >= 15 is 0 Å². The number of aliphatic hydroxyl groups is 4. The number of aliphatic hydroxyl groups excluding tert-OH is 4. The van der Waals surface area contributed by atoms with Crippen LogP contribution in [0.4, 0.5) is 0 Å². The molecule has 0 aromatic rings. The summed E-state index contributed by atoms with van der Waals surface area (Å²) in [4.78, 5) is 7.72. The topological polar surface area (TPSA) is 128 Å². The Kier molecular flexibility index (Phi) is 135. The van der Waals surface area contributed by atoms with Gasteiger partial charge in [-0.25, -0.2) is 0 Å². The van der Waals surface area contributed by atoms with Crippen molar-refractivity contribution in [1.82, 2.24) is 19.6 Å². The van der Waals surface area contributed by atoms with E-state index in [-0.39, 0.29) is 91.9 Å². The number of hydrogen-bond donors (Lipinski definition) is 4. The summed E-state index contributed by atoms with van der Waals surface area (Å²) in [7, 11) is 14.2. The van der Waals surface area contributed by atoms with Crippen LogP contribution in [0.25, 0.3) is 0 Å². The van der Waals surface area contributed by atoms with Gasteiger partial charge in [0.2, 0.25) is 0 Å². The van der Waals surface area contributed by atoms with Crippen molar-refractivity contribution in [3.8, 4) is 0 Å². The number of likely N-dealkylation sites (N-methyl/N-ethyl adjacent to an activating group) is 4. The molecule has 0 aromatic carbocycles. The van der Waals surface area contributed by atoms with Crippen molar-refractivity contribution >= 4 is 92.6 Å². The van der Waals surface area contributed by atoms with Crippen molar-refractivity contribution in [2.75, 3.05) is 134 Å². The Bertz CT molecular complexity index is 357. The standard InChI is InChI=1S/4C4H11NO.2C2H6OS.2Cd.2Cu.4HI/c4*1-5(2)3-4-6;2*1-4(2)3;;;;;;;;/h4*6H,3-4H2,1-2H3;2*1-2H3;;;;;4*1H/q;;;;;;2*+2;2*+1;;;;/p-4. The molecule has 0 saturated heterocycles. The van der Waals surface area contributed by atoms with Gasteiger partial charge in [0.15, 0.2) is 0 Å². The van der Waals surface area contributed by atoms with Gasteiger partial charge in [-0.05, 0) is 56.4 Å². The number of rotatable bonds is 8. The molecule has 4 N–H and O–H groups in total. The Hall–Kier alpha value is 5.78. The molecule has 0 bridgehead atoms. The Labute approximate surface area is 334 Å². The van der Waals surface area contributed by atoms with Crippen LogP contribution in [-0.4, -0.2) is 182 Å². The van der Waals surface area contributed by atoms with Crippen LogP contribution in [0.3, 0.4) is 0 Å². The van der Waals surface area contributed by atoms with Crippen LogP contribution < -0.4 is 0 Å². The summed E-state index contributed by atoms with van der Waals surface area (Å²) in [6.07, 6.45) is 6.56. The quantitative estimate of drug-likeness (QED) is 0.211. The van der Waals surface area contributed by atoms with Gasteiger partial charge in [-0.1, -0.05) is 0 Å². The third kappa shape index (κ3) is 253. The van der Waals surface area contributed by atoms with Crippen LogP contribution in [-0.2, 0) is 87.0 Å². The maximum atomic E-state index is 9.56. The molecule has 0 aliphatic heterocycles. The Morgan fingerprint density at radius 1 is 0.475 bits per heavy atom. The minimum atomic E-state index is -0.611. The molecule has 0 aromatic heterocycles. The molecule has 0 rings (SSSR count). The van der Waals surface area contributed by atoms with Crippen LogP contribution in [0.15, 0.2) is 0 Å². The second kappa shape index (κ2) is 75.2.